The summed E-state index contributed by atoms with van der Waals surface area (Å²) in [6.45, 7) is 9.44. The number of hydrogen-bond acceptors (Lipinski definition) is 3. The van der Waals surface area contributed by atoms with Gasteiger partial charge >= 0.3 is 0 Å². The molecule has 2 aromatic rings. The summed E-state index contributed by atoms with van der Waals surface area (Å²) in [5.74, 6) is 1.39. The van der Waals surface area contributed by atoms with Gasteiger partial charge in [-0.25, -0.2) is 4.98 Å². The van der Waals surface area contributed by atoms with Crippen molar-refractivity contribution in [3.8, 4) is 0 Å². The first-order valence-electron chi connectivity index (χ1n) is 8.87. The van der Waals surface area contributed by atoms with Crippen LogP contribution in [0.1, 0.15) is 32.9 Å². The normalized spacial score (nSPS) is 23.0. The zero-order chi connectivity index (χ0) is 18.8. The van der Waals surface area contributed by atoms with Gasteiger partial charge in [0, 0.05) is 24.1 Å². The summed E-state index contributed by atoms with van der Waals surface area (Å²) in [5, 5.41) is 3.62. The quantitative estimate of drug-likeness (QED) is 0.816. The summed E-state index contributed by atoms with van der Waals surface area (Å²) < 4.78 is 0. The number of halogens is 2. The molecule has 1 aliphatic rings. The molecule has 2 heterocycles. The highest BCUT2D eigenvalue weighted by Crippen LogP contribution is 2.33. The van der Waals surface area contributed by atoms with Crippen LogP contribution in [-0.2, 0) is 11.3 Å². The molecule has 1 amide bonds. The predicted molar refractivity (Wildman–Crippen MR) is 109 cm³/mol. The van der Waals surface area contributed by atoms with Crippen molar-refractivity contribution in [1.29, 1.82) is 0 Å². The first-order valence-corrected chi connectivity index (χ1v) is 10.5. The molecular formula is C19H24Cl2N3OS+. The van der Waals surface area contributed by atoms with Gasteiger partial charge in [-0.15, -0.1) is 11.3 Å². The lowest BCUT2D eigenvalue weighted by atomic mass is 9.92. The molecule has 2 atom stereocenters. The number of nitrogens with one attached hydrogen (secondary N) is 1. The lowest BCUT2D eigenvalue weighted by Crippen LogP contribution is -3.13. The number of carbonyl (C=O) groups is 1. The first kappa shape index (κ1) is 19.6. The molecule has 140 valence electrons. The van der Waals surface area contributed by atoms with Gasteiger partial charge in [-0.05, 0) is 24.6 Å². The Morgan fingerprint density at radius 2 is 1.96 bits per heavy atom. The molecule has 0 radical (unpaired) electrons. The average Bonchev–Trinajstić information content (AvgIpc) is 2.97. The maximum atomic E-state index is 12.2. The highest BCUT2D eigenvalue weighted by Gasteiger charge is 2.26. The molecule has 1 aromatic heterocycles. The van der Waals surface area contributed by atoms with E-state index < -0.39 is 0 Å². The third kappa shape index (κ3) is 4.58. The fourth-order valence-electron chi connectivity index (χ4n) is 3.85. The van der Waals surface area contributed by atoms with Crippen molar-refractivity contribution in [3.63, 3.8) is 0 Å². The number of aromatic nitrogens is 1. The van der Waals surface area contributed by atoms with E-state index in [1.807, 2.05) is 0 Å². The number of amides is 1. The molecule has 0 bridgehead atoms. The predicted octanol–water partition coefficient (Wildman–Crippen LogP) is 4.20. The number of thiazole rings is 1. The van der Waals surface area contributed by atoms with Crippen LogP contribution in [0.4, 0.5) is 10.8 Å². The molecule has 1 N–H and O–H groups in total. The summed E-state index contributed by atoms with van der Waals surface area (Å²) in [5.41, 5.74) is 1.72. The van der Waals surface area contributed by atoms with Crippen LogP contribution in [0.3, 0.4) is 0 Å². The molecule has 7 heteroatoms. The average molecular weight is 413 g/mol. The molecule has 4 nitrogen and oxygen atoms in total. The van der Waals surface area contributed by atoms with Gasteiger partial charge < -0.3 is 4.90 Å². The molecule has 1 fully saturated rings. The number of anilines is 2. The maximum Gasteiger partial charge on any atom is 0.230 e. The molecule has 0 aliphatic carbocycles. The van der Waals surface area contributed by atoms with Gasteiger partial charge in [0.15, 0.2) is 5.13 Å². The van der Waals surface area contributed by atoms with E-state index in [-0.39, 0.29) is 5.91 Å². The minimum Gasteiger partial charge on any atom is -0.329 e. The molecule has 26 heavy (non-hydrogen) atoms. The van der Waals surface area contributed by atoms with Crippen LogP contribution in [0.25, 0.3) is 0 Å². The molecule has 0 saturated carbocycles. The van der Waals surface area contributed by atoms with Gasteiger partial charge in [-0.3, -0.25) is 9.69 Å². The number of carbonyl (C=O) groups excluding carboxylic acids is 1. The van der Waals surface area contributed by atoms with E-state index in [0.29, 0.717) is 20.9 Å². The van der Waals surface area contributed by atoms with E-state index in [0.717, 1.165) is 24.1 Å². The number of nitrogens with zero attached hydrogens (tertiary/aromatic N) is 2. The Labute approximate surface area is 168 Å². The van der Waals surface area contributed by atoms with Crippen molar-refractivity contribution < 1.29 is 9.69 Å². The third-order valence-electron chi connectivity index (χ3n) is 4.72. The highest BCUT2D eigenvalue weighted by molar-refractivity contribution is 7.14. The van der Waals surface area contributed by atoms with Crippen molar-refractivity contribution >= 4 is 51.3 Å². The fraction of sp³-hybridized carbons (Fsp3) is 0.474. The smallest absolute Gasteiger partial charge is 0.230 e. The molecule has 3 rings (SSSR count). The van der Waals surface area contributed by atoms with E-state index in [9.17, 15) is 4.79 Å². The van der Waals surface area contributed by atoms with Gasteiger partial charge in [0.05, 0.1) is 28.8 Å². The Kier molecular flexibility index (Phi) is 6.23. The number of benzene rings is 1. The van der Waals surface area contributed by atoms with Crippen LogP contribution >= 0.6 is 34.5 Å². The number of rotatable bonds is 4. The summed E-state index contributed by atoms with van der Waals surface area (Å²) in [6.07, 6.45) is 1.31. The Hall–Kier alpha value is -1.14. The SMILES string of the molecule is CC(=O)N(c1ccc(Cl)c(Cl)c1)c1nc(C[NH+]2C[C@@H](C)C[C@H](C)C2)cs1. The van der Waals surface area contributed by atoms with Gasteiger partial charge in [0.1, 0.15) is 12.2 Å². The van der Waals surface area contributed by atoms with E-state index in [1.165, 1.54) is 37.8 Å². The Balaban J connectivity index is 1.79. The minimum absolute atomic E-state index is 0.100. The molecule has 0 spiro atoms. The number of likely N-dealkylation sites (tertiary alicyclic amines) is 1. The Morgan fingerprint density at radius 3 is 2.58 bits per heavy atom. The van der Waals surface area contributed by atoms with E-state index in [1.54, 1.807) is 28.0 Å². The molecular weight excluding hydrogens is 389 g/mol. The van der Waals surface area contributed by atoms with Gasteiger partial charge in [0.25, 0.3) is 0 Å². The number of quaternary nitrogens is 1. The van der Waals surface area contributed by atoms with E-state index in [2.05, 4.69) is 19.2 Å². The van der Waals surface area contributed by atoms with Crippen LogP contribution in [0, 0.1) is 11.8 Å². The van der Waals surface area contributed by atoms with Crippen LogP contribution < -0.4 is 9.80 Å². The summed E-state index contributed by atoms with van der Waals surface area (Å²) in [6, 6.07) is 5.19. The molecule has 1 saturated heterocycles. The van der Waals surface area contributed by atoms with Gasteiger partial charge in [0.2, 0.25) is 5.91 Å². The monoisotopic (exact) mass is 412 g/mol. The Bertz CT molecular complexity index is 785. The highest BCUT2D eigenvalue weighted by atomic mass is 35.5. The largest absolute Gasteiger partial charge is 0.329 e. The van der Waals surface area contributed by atoms with Crippen molar-refractivity contribution in [2.75, 3.05) is 18.0 Å². The second kappa shape index (κ2) is 8.26. The standard InChI is InChI=1S/C19H23Cl2N3OS/c1-12-6-13(2)9-23(8-12)10-15-11-26-19(22-15)24(14(3)25)16-4-5-17(20)18(21)7-16/h4-5,7,11-13H,6,8-10H2,1-3H3/p+1/t12-,13-/m0/s1. The van der Waals surface area contributed by atoms with Gasteiger partial charge in [-0.2, -0.15) is 0 Å². The maximum absolute atomic E-state index is 12.2. The van der Waals surface area contributed by atoms with Gasteiger partial charge in [-0.1, -0.05) is 37.0 Å². The molecule has 1 aromatic carbocycles. The lowest BCUT2D eigenvalue weighted by molar-refractivity contribution is -0.925. The zero-order valence-corrected chi connectivity index (χ0v) is 17.6. The lowest BCUT2D eigenvalue weighted by Gasteiger charge is -2.31. The second-order valence-corrected chi connectivity index (χ2v) is 9.01. The second-order valence-electron chi connectivity index (χ2n) is 7.36. The van der Waals surface area contributed by atoms with Crippen LogP contribution in [0.15, 0.2) is 23.6 Å². The third-order valence-corrected chi connectivity index (χ3v) is 6.33. The minimum atomic E-state index is -0.100. The molecule has 0 unspecified atom stereocenters. The van der Waals surface area contributed by atoms with E-state index >= 15 is 0 Å². The van der Waals surface area contributed by atoms with Crippen molar-refractivity contribution in [3.05, 3.63) is 39.3 Å². The van der Waals surface area contributed by atoms with Crippen molar-refractivity contribution in [2.24, 2.45) is 11.8 Å². The summed E-state index contributed by atoms with van der Waals surface area (Å²) in [7, 11) is 0. The Morgan fingerprint density at radius 1 is 1.27 bits per heavy atom. The first-order chi connectivity index (χ1) is 12.3. The van der Waals surface area contributed by atoms with Crippen LogP contribution in [0.2, 0.25) is 10.0 Å². The van der Waals surface area contributed by atoms with Crippen LogP contribution in [0.5, 0.6) is 0 Å². The summed E-state index contributed by atoms with van der Waals surface area (Å²) >= 11 is 13.6. The topological polar surface area (TPSA) is 37.6 Å². The zero-order valence-electron chi connectivity index (χ0n) is 15.3. The molecule has 1 aliphatic heterocycles. The number of hydrogen-bond donors (Lipinski definition) is 1. The van der Waals surface area contributed by atoms with E-state index in [4.69, 9.17) is 28.2 Å². The van der Waals surface area contributed by atoms with Crippen molar-refractivity contribution in [2.45, 2.75) is 33.7 Å². The number of piperidine rings is 1. The van der Waals surface area contributed by atoms with Crippen molar-refractivity contribution in [1.82, 2.24) is 4.98 Å². The van der Waals surface area contributed by atoms with Crippen LogP contribution in [-0.4, -0.2) is 24.0 Å². The summed E-state index contributed by atoms with van der Waals surface area (Å²) in [4.78, 5) is 20.1. The fourth-order valence-corrected chi connectivity index (χ4v) is 5.03.